The summed E-state index contributed by atoms with van der Waals surface area (Å²) in [5, 5.41) is 1.66. The standard InChI is InChI=1S/C31H40ClN4O4P/c1-4-6-15-27-35-28-29(25-13-8-9-14-26(25)34-30(28)33)36(27)31(3,16-7-5-2)20-38-21-41(37)39-18-23(19-40-41)22-11-10-12-24(32)17-22/h8-14,17,23H,4-7,15-16,18-21H2,1-3H3,(H2,33,34). The third-order valence-corrected chi connectivity index (χ3v) is 9.70. The van der Waals surface area contributed by atoms with E-state index in [0.29, 0.717) is 30.7 Å². The highest BCUT2D eigenvalue weighted by Crippen LogP contribution is 2.53. The molecule has 0 bridgehead atoms. The lowest BCUT2D eigenvalue weighted by Crippen LogP contribution is -2.37. The van der Waals surface area contributed by atoms with Gasteiger partial charge in [-0.15, -0.1) is 0 Å². The van der Waals surface area contributed by atoms with Crippen molar-refractivity contribution < 1.29 is 18.3 Å². The lowest BCUT2D eigenvalue weighted by molar-refractivity contribution is 0.0502. The van der Waals surface area contributed by atoms with E-state index in [4.69, 9.17) is 36.1 Å². The van der Waals surface area contributed by atoms with Crippen molar-refractivity contribution in [1.29, 1.82) is 0 Å². The summed E-state index contributed by atoms with van der Waals surface area (Å²) in [6.45, 7) is 7.46. The van der Waals surface area contributed by atoms with Gasteiger partial charge < -0.3 is 24.1 Å². The maximum absolute atomic E-state index is 13.5. The molecule has 1 aliphatic rings. The Morgan fingerprint density at radius 3 is 2.59 bits per heavy atom. The number of pyridine rings is 1. The number of ether oxygens (including phenoxy) is 1. The Kier molecular flexibility index (Phi) is 9.37. The molecular weight excluding hydrogens is 559 g/mol. The van der Waals surface area contributed by atoms with Gasteiger partial charge in [-0.3, -0.25) is 4.57 Å². The van der Waals surface area contributed by atoms with Gasteiger partial charge in [-0.2, -0.15) is 0 Å². The van der Waals surface area contributed by atoms with Crippen molar-refractivity contribution in [3.63, 3.8) is 0 Å². The van der Waals surface area contributed by atoms with Gasteiger partial charge in [0, 0.05) is 22.7 Å². The number of unbranched alkanes of at least 4 members (excludes halogenated alkanes) is 2. The molecule has 10 heteroatoms. The van der Waals surface area contributed by atoms with Gasteiger partial charge in [0.25, 0.3) is 0 Å². The summed E-state index contributed by atoms with van der Waals surface area (Å²) in [4.78, 5) is 9.68. The van der Waals surface area contributed by atoms with Crippen LogP contribution in [0, 0.1) is 0 Å². The van der Waals surface area contributed by atoms with Crippen LogP contribution in [0.3, 0.4) is 0 Å². The topological polar surface area (TPSA) is 101 Å². The Balaban J connectivity index is 1.42. The molecule has 0 radical (unpaired) electrons. The van der Waals surface area contributed by atoms with Gasteiger partial charge in [-0.05, 0) is 43.5 Å². The Morgan fingerprint density at radius 2 is 1.85 bits per heavy atom. The number of aryl methyl sites for hydroxylation is 1. The smallest absolute Gasteiger partial charge is 0.356 e. The van der Waals surface area contributed by atoms with E-state index in [2.05, 4.69) is 36.4 Å². The van der Waals surface area contributed by atoms with Crippen LogP contribution in [-0.4, -0.2) is 40.7 Å². The number of halogens is 1. The van der Waals surface area contributed by atoms with Crippen molar-refractivity contribution in [2.45, 2.75) is 70.8 Å². The van der Waals surface area contributed by atoms with Crippen LogP contribution in [0.2, 0.25) is 5.02 Å². The summed E-state index contributed by atoms with van der Waals surface area (Å²) < 4.78 is 33.6. The van der Waals surface area contributed by atoms with Crippen LogP contribution in [0.1, 0.15) is 70.2 Å². The Hall–Kier alpha value is -2.48. The van der Waals surface area contributed by atoms with Crippen molar-refractivity contribution in [3.8, 4) is 0 Å². The molecule has 1 saturated heterocycles. The number of nitrogen functional groups attached to an aromatic ring is 1. The number of fused-ring (bicyclic) bond motifs is 3. The predicted molar refractivity (Wildman–Crippen MR) is 166 cm³/mol. The number of para-hydroxylation sites is 1. The molecule has 1 aliphatic heterocycles. The maximum Gasteiger partial charge on any atom is 0.356 e. The summed E-state index contributed by atoms with van der Waals surface area (Å²) in [6.07, 6.45) is 5.64. The number of nitrogens with zero attached hydrogens (tertiary/aromatic N) is 3. The van der Waals surface area contributed by atoms with Gasteiger partial charge in [0.05, 0.1) is 36.4 Å². The summed E-state index contributed by atoms with van der Waals surface area (Å²) >= 11 is 6.15. The monoisotopic (exact) mass is 598 g/mol. The highest BCUT2D eigenvalue weighted by atomic mass is 35.5. The molecule has 1 fully saturated rings. The molecule has 1 unspecified atom stereocenters. The maximum atomic E-state index is 13.5. The number of anilines is 1. The van der Waals surface area contributed by atoms with Crippen LogP contribution >= 0.6 is 19.2 Å². The van der Waals surface area contributed by atoms with Gasteiger partial charge in [0.15, 0.2) is 5.82 Å². The first-order valence-corrected chi connectivity index (χ1v) is 16.6. The fourth-order valence-electron chi connectivity index (χ4n) is 5.64. The molecule has 8 nitrogen and oxygen atoms in total. The van der Waals surface area contributed by atoms with Crippen molar-refractivity contribution in [2.24, 2.45) is 0 Å². The first-order valence-electron chi connectivity index (χ1n) is 14.5. The molecule has 2 aromatic heterocycles. The molecule has 0 aliphatic carbocycles. The van der Waals surface area contributed by atoms with E-state index >= 15 is 0 Å². The number of hydrogen-bond donors (Lipinski definition) is 1. The highest BCUT2D eigenvalue weighted by molar-refractivity contribution is 7.53. The third-order valence-electron chi connectivity index (χ3n) is 7.88. The van der Waals surface area contributed by atoms with E-state index in [0.717, 1.165) is 71.8 Å². The minimum Gasteiger partial charge on any atom is -0.382 e. The van der Waals surface area contributed by atoms with Gasteiger partial charge in [-0.1, -0.05) is 75.0 Å². The zero-order valence-corrected chi connectivity index (χ0v) is 25.8. The van der Waals surface area contributed by atoms with Gasteiger partial charge >= 0.3 is 7.60 Å². The number of nitrogens with two attached hydrogens (primary N) is 1. The predicted octanol–water partition coefficient (Wildman–Crippen LogP) is 8.07. The summed E-state index contributed by atoms with van der Waals surface area (Å²) in [5.74, 6) is 1.36. The number of rotatable bonds is 12. The van der Waals surface area contributed by atoms with Crippen LogP contribution in [0.4, 0.5) is 5.82 Å². The largest absolute Gasteiger partial charge is 0.382 e. The number of hydrogen-bond acceptors (Lipinski definition) is 7. The van der Waals surface area contributed by atoms with Crippen LogP contribution in [0.25, 0.3) is 21.9 Å². The van der Waals surface area contributed by atoms with E-state index in [1.54, 1.807) is 0 Å². The molecule has 41 heavy (non-hydrogen) atoms. The first kappa shape index (κ1) is 30.0. The molecule has 0 spiro atoms. The van der Waals surface area contributed by atoms with Crippen molar-refractivity contribution in [2.75, 3.05) is 31.9 Å². The molecule has 2 N–H and O–H groups in total. The van der Waals surface area contributed by atoms with E-state index < -0.39 is 13.1 Å². The quantitative estimate of drug-likeness (QED) is 0.165. The molecule has 0 saturated carbocycles. The third kappa shape index (κ3) is 6.47. The fourth-order valence-corrected chi connectivity index (χ4v) is 7.19. The zero-order valence-electron chi connectivity index (χ0n) is 24.1. The number of aromatic nitrogens is 3. The fraction of sp³-hybridized carbons (Fsp3) is 0.484. The van der Waals surface area contributed by atoms with E-state index in [9.17, 15) is 4.57 Å². The highest BCUT2D eigenvalue weighted by Gasteiger charge is 2.37. The van der Waals surface area contributed by atoms with Gasteiger partial charge in [0.2, 0.25) is 0 Å². The molecule has 1 atom stereocenters. The first-order chi connectivity index (χ1) is 19.8. The lowest BCUT2D eigenvalue weighted by Gasteiger charge is -2.35. The van der Waals surface area contributed by atoms with Crippen LogP contribution in [0.5, 0.6) is 0 Å². The second-order valence-electron chi connectivity index (χ2n) is 11.2. The van der Waals surface area contributed by atoms with Crippen LogP contribution in [-0.2, 0) is 30.3 Å². The zero-order chi connectivity index (χ0) is 29.0. The molecule has 2 aromatic carbocycles. The van der Waals surface area contributed by atoms with Gasteiger partial charge in [-0.25, -0.2) is 9.97 Å². The van der Waals surface area contributed by atoms with Crippen molar-refractivity contribution in [3.05, 3.63) is 64.9 Å². The Labute approximate surface area is 247 Å². The molecular formula is C31H40ClN4O4P. The molecule has 3 heterocycles. The normalized spacial score (nSPS) is 20.9. The summed E-state index contributed by atoms with van der Waals surface area (Å²) in [6, 6.07) is 15.6. The Bertz CT molecular complexity index is 1550. The lowest BCUT2D eigenvalue weighted by atomic mass is 9.94. The minimum absolute atomic E-state index is 0.0311. The van der Waals surface area contributed by atoms with Crippen molar-refractivity contribution in [1.82, 2.24) is 14.5 Å². The number of imidazole rings is 1. The van der Waals surface area contributed by atoms with E-state index in [-0.39, 0.29) is 12.3 Å². The molecule has 5 rings (SSSR count). The van der Waals surface area contributed by atoms with E-state index in [1.807, 2.05) is 42.5 Å². The summed E-state index contributed by atoms with van der Waals surface area (Å²) in [7, 11) is -3.41. The molecule has 4 aromatic rings. The molecule has 220 valence electrons. The summed E-state index contributed by atoms with van der Waals surface area (Å²) in [5.41, 5.74) is 9.52. The Morgan fingerprint density at radius 1 is 1.10 bits per heavy atom. The second-order valence-corrected chi connectivity index (χ2v) is 13.6. The van der Waals surface area contributed by atoms with Crippen LogP contribution in [0.15, 0.2) is 48.5 Å². The minimum atomic E-state index is -3.41. The molecule has 0 amide bonds. The average Bonchev–Trinajstić information content (AvgIpc) is 3.37. The van der Waals surface area contributed by atoms with Gasteiger partial charge in [0.1, 0.15) is 17.7 Å². The average molecular weight is 599 g/mol. The number of benzene rings is 2. The van der Waals surface area contributed by atoms with Crippen LogP contribution < -0.4 is 5.73 Å². The second kappa shape index (κ2) is 12.8. The van der Waals surface area contributed by atoms with E-state index in [1.165, 1.54) is 0 Å². The SMILES string of the molecule is CCCCc1nc2c(N)nc3ccccc3c2n1C(C)(CCCC)COCP1(=O)OCC(c2cccc(Cl)c2)CO1. The van der Waals surface area contributed by atoms with Crippen molar-refractivity contribution >= 4 is 47.0 Å².